The van der Waals surface area contributed by atoms with E-state index in [1.807, 2.05) is 0 Å². The number of hydrogen-bond donors (Lipinski definition) is 2. The van der Waals surface area contributed by atoms with Crippen LogP contribution in [-0.4, -0.2) is 22.4 Å². The van der Waals surface area contributed by atoms with E-state index in [1.165, 1.54) is 22.3 Å². The van der Waals surface area contributed by atoms with E-state index in [0.717, 1.165) is 51.4 Å². The number of hydrogen-bond acceptors (Lipinski definition) is 2. The first-order valence-electron chi connectivity index (χ1n) is 11.5. The van der Waals surface area contributed by atoms with Crippen molar-refractivity contribution in [3.63, 3.8) is 0 Å². The summed E-state index contributed by atoms with van der Waals surface area (Å²) in [6.45, 7) is 4.62. The highest BCUT2D eigenvalue weighted by atomic mass is 16.3. The molecular weight excluding hydrogens is 356 g/mol. The quantitative estimate of drug-likeness (QED) is 0.665. The van der Waals surface area contributed by atoms with Gasteiger partial charge in [-0.1, -0.05) is 62.4 Å². The summed E-state index contributed by atoms with van der Waals surface area (Å²) < 4.78 is 0. The van der Waals surface area contributed by atoms with Crippen LogP contribution in [0.15, 0.2) is 48.5 Å². The Morgan fingerprint density at radius 2 is 0.862 bits per heavy atom. The van der Waals surface area contributed by atoms with Crippen molar-refractivity contribution >= 4 is 0 Å². The van der Waals surface area contributed by atoms with E-state index in [2.05, 4.69) is 62.4 Å². The van der Waals surface area contributed by atoms with Crippen molar-refractivity contribution in [1.29, 1.82) is 0 Å². The SMILES string of the molecule is CC(C)(c1ccc(C2CCC(O)CC2)cc1)c1ccc(C2CCC(O)CC2)cc1. The van der Waals surface area contributed by atoms with Gasteiger partial charge in [-0.05, 0) is 85.5 Å². The Morgan fingerprint density at radius 1 is 0.552 bits per heavy atom. The lowest BCUT2D eigenvalue weighted by atomic mass is 9.75. The highest BCUT2D eigenvalue weighted by Gasteiger charge is 2.26. The largest absolute Gasteiger partial charge is 0.393 e. The molecular formula is C27H36O2. The van der Waals surface area contributed by atoms with Gasteiger partial charge < -0.3 is 10.2 Å². The highest BCUT2D eigenvalue weighted by Crippen LogP contribution is 2.37. The summed E-state index contributed by atoms with van der Waals surface area (Å²) in [5.74, 6) is 1.20. The lowest BCUT2D eigenvalue weighted by molar-refractivity contribution is 0.122. The molecule has 2 nitrogen and oxygen atoms in total. The van der Waals surface area contributed by atoms with Crippen LogP contribution in [0.25, 0.3) is 0 Å². The van der Waals surface area contributed by atoms with Crippen LogP contribution in [0.1, 0.15) is 99.3 Å². The summed E-state index contributed by atoms with van der Waals surface area (Å²) >= 11 is 0. The molecule has 156 valence electrons. The first-order valence-corrected chi connectivity index (χ1v) is 11.5. The van der Waals surface area contributed by atoms with Crippen molar-refractivity contribution in [2.24, 2.45) is 0 Å². The van der Waals surface area contributed by atoms with Crippen molar-refractivity contribution < 1.29 is 10.2 Å². The van der Waals surface area contributed by atoms with Gasteiger partial charge in [0.05, 0.1) is 12.2 Å². The van der Waals surface area contributed by atoms with Gasteiger partial charge in [0, 0.05) is 5.41 Å². The molecule has 2 aliphatic carbocycles. The molecule has 2 fully saturated rings. The molecule has 2 aromatic carbocycles. The van der Waals surface area contributed by atoms with E-state index >= 15 is 0 Å². The molecule has 0 atom stereocenters. The summed E-state index contributed by atoms with van der Waals surface area (Å²) in [6, 6.07) is 18.4. The standard InChI is InChI=1S/C27H36O2/c1-27(2,23-11-3-19(4-12-23)21-7-15-25(28)16-8-21)24-13-5-20(6-14-24)22-9-17-26(29)18-10-22/h3-6,11-14,21-22,25-26,28-29H,7-10,15-18H2,1-2H3. The number of aliphatic hydroxyl groups is 2. The van der Waals surface area contributed by atoms with Crippen LogP contribution in [0.3, 0.4) is 0 Å². The van der Waals surface area contributed by atoms with E-state index < -0.39 is 0 Å². The third-order valence-corrected chi connectivity index (χ3v) is 7.60. The topological polar surface area (TPSA) is 40.5 Å². The van der Waals surface area contributed by atoms with Gasteiger partial charge in [0.25, 0.3) is 0 Å². The minimum absolute atomic E-state index is 0.0252. The van der Waals surface area contributed by atoms with Crippen molar-refractivity contribution in [2.75, 3.05) is 0 Å². The Kier molecular flexibility index (Phi) is 6.13. The Bertz CT molecular complexity index is 707. The maximum absolute atomic E-state index is 9.75. The summed E-state index contributed by atoms with van der Waals surface area (Å²) in [5, 5.41) is 19.5. The molecule has 2 heteroatoms. The van der Waals surface area contributed by atoms with E-state index in [0.29, 0.717) is 11.8 Å². The molecule has 0 heterocycles. The number of benzene rings is 2. The fourth-order valence-electron chi connectivity index (χ4n) is 5.33. The zero-order valence-electron chi connectivity index (χ0n) is 18.0. The maximum atomic E-state index is 9.75. The highest BCUT2D eigenvalue weighted by molar-refractivity contribution is 5.40. The third-order valence-electron chi connectivity index (χ3n) is 7.60. The van der Waals surface area contributed by atoms with Gasteiger partial charge in [-0.3, -0.25) is 0 Å². The molecule has 2 aromatic rings. The van der Waals surface area contributed by atoms with Crippen LogP contribution in [0.4, 0.5) is 0 Å². The Hall–Kier alpha value is -1.64. The zero-order chi connectivity index (χ0) is 20.4. The van der Waals surface area contributed by atoms with Crippen LogP contribution in [0.2, 0.25) is 0 Å². The van der Waals surface area contributed by atoms with Gasteiger partial charge in [0.2, 0.25) is 0 Å². The molecule has 2 saturated carbocycles. The van der Waals surface area contributed by atoms with Crippen LogP contribution >= 0.6 is 0 Å². The molecule has 0 spiro atoms. The summed E-state index contributed by atoms with van der Waals surface area (Å²) in [6.07, 6.45) is 7.96. The molecule has 0 radical (unpaired) electrons. The minimum atomic E-state index is -0.0916. The van der Waals surface area contributed by atoms with Crippen LogP contribution in [-0.2, 0) is 5.41 Å². The Balaban J connectivity index is 1.46. The average Bonchev–Trinajstić information content (AvgIpc) is 2.75. The van der Waals surface area contributed by atoms with Gasteiger partial charge in [-0.25, -0.2) is 0 Å². The predicted octanol–water partition coefficient (Wildman–Crippen LogP) is 6.05. The molecule has 0 unspecified atom stereocenters. The van der Waals surface area contributed by atoms with E-state index in [4.69, 9.17) is 0 Å². The van der Waals surface area contributed by atoms with Gasteiger partial charge in [0.1, 0.15) is 0 Å². The molecule has 2 aliphatic rings. The van der Waals surface area contributed by atoms with Crippen molar-refractivity contribution in [3.05, 3.63) is 70.8 Å². The second kappa shape index (κ2) is 8.62. The van der Waals surface area contributed by atoms with E-state index in [9.17, 15) is 10.2 Å². The average molecular weight is 393 g/mol. The van der Waals surface area contributed by atoms with Gasteiger partial charge in [-0.15, -0.1) is 0 Å². The fourth-order valence-corrected chi connectivity index (χ4v) is 5.33. The maximum Gasteiger partial charge on any atom is 0.0540 e. The molecule has 4 rings (SSSR count). The normalized spacial score (nSPS) is 28.3. The first kappa shape index (κ1) is 20.6. The molecule has 0 aliphatic heterocycles. The summed E-state index contributed by atoms with van der Waals surface area (Å²) in [4.78, 5) is 0. The molecule has 0 saturated heterocycles. The second-order valence-corrected chi connectivity index (χ2v) is 9.88. The molecule has 0 aromatic heterocycles. The smallest absolute Gasteiger partial charge is 0.0540 e. The third kappa shape index (κ3) is 4.59. The van der Waals surface area contributed by atoms with Gasteiger partial charge >= 0.3 is 0 Å². The number of rotatable bonds is 4. The lowest BCUT2D eigenvalue weighted by Crippen LogP contribution is -2.20. The Labute approximate surface area is 176 Å². The molecule has 0 bridgehead atoms. The summed E-state index contributed by atoms with van der Waals surface area (Å²) in [7, 11) is 0. The van der Waals surface area contributed by atoms with Crippen molar-refractivity contribution in [2.45, 2.75) is 94.7 Å². The zero-order valence-corrected chi connectivity index (χ0v) is 18.0. The fraction of sp³-hybridized carbons (Fsp3) is 0.556. The molecule has 2 N–H and O–H groups in total. The molecule has 29 heavy (non-hydrogen) atoms. The lowest BCUT2D eigenvalue weighted by Gasteiger charge is -2.29. The predicted molar refractivity (Wildman–Crippen MR) is 119 cm³/mol. The first-order chi connectivity index (χ1) is 13.9. The monoisotopic (exact) mass is 392 g/mol. The van der Waals surface area contributed by atoms with Gasteiger partial charge in [0.15, 0.2) is 0 Å². The van der Waals surface area contributed by atoms with Crippen molar-refractivity contribution in [3.8, 4) is 0 Å². The van der Waals surface area contributed by atoms with Crippen molar-refractivity contribution in [1.82, 2.24) is 0 Å². The van der Waals surface area contributed by atoms with Crippen LogP contribution < -0.4 is 0 Å². The van der Waals surface area contributed by atoms with E-state index in [1.54, 1.807) is 0 Å². The van der Waals surface area contributed by atoms with Crippen LogP contribution in [0.5, 0.6) is 0 Å². The van der Waals surface area contributed by atoms with Crippen LogP contribution in [0, 0.1) is 0 Å². The summed E-state index contributed by atoms with van der Waals surface area (Å²) in [5.41, 5.74) is 5.52. The van der Waals surface area contributed by atoms with E-state index in [-0.39, 0.29) is 17.6 Å². The Morgan fingerprint density at radius 3 is 1.17 bits per heavy atom. The number of aliphatic hydroxyl groups excluding tert-OH is 2. The molecule has 0 amide bonds. The second-order valence-electron chi connectivity index (χ2n) is 9.88. The minimum Gasteiger partial charge on any atom is -0.393 e. The van der Waals surface area contributed by atoms with Gasteiger partial charge in [-0.2, -0.15) is 0 Å².